The Kier molecular flexibility index (Phi) is 15.4. The van der Waals surface area contributed by atoms with Gasteiger partial charge in [-0.3, -0.25) is 4.79 Å². The number of carbonyl (C=O) groups excluding carboxylic acids is 1. The number of hydrogen-bond donors (Lipinski definition) is 7. The first kappa shape index (κ1) is 45.5. The summed E-state index contributed by atoms with van der Waals surface area (Å²) in [5.74, 6) is -3.81. The fraction of sp³-hybridized carbons (Fsp3) is 0.816. The second-order valence-electron chi connectivity index (χ2n) is 16.3. The van der Waals surface area contributed by atoms with Gasteiger partial charge in [-0.25, -0.2) is 0 Å². The van der Waals surface area contributed by atoms with Gasteiger partial charge in [0, 0.05) is 31.1 Å². The molecule has 7 N–H and O–H groups in total. The third-order valence-corrected chi connectivity index (χ3v) is 11.5. The topological polar surface area (TPSA) is 173 Å². The second-order valence-corrected chi connectivity index (χ2v) is 16.3. The molecule has 0 saturated carbocycles. The van der Waals surface area contributed by atoms with Crippen molar-refractivity contribution in [3.05, 3.63) is 35.4 Å². The Morgan fingerprint density at radius 1 is 1.06 bits per heavy atom. The van der Waals surface area contributed by atoms with Crippen LogP contribution in [0.25, 0.3) is 0 Å². The lowest BCUT2D eigenvalue weighted by atomic mass is 9.70. The van der Waals surface area contributed by atoms with Crippen molar-refractivity contribution in [3.8, 4) is 0 Å². The lowest BCUT2D eigenvalue weighted by Gasteiger charge is -2.49. The lowest BCUT2D eigenvalue weighted by molar-refractivity contribution is -0.304. The maximum absolute atomic E-state index is 14.1. The quantitative estimate of drug-likeness (QED) is 0.194. The first-order valence-corrected chi connectivity index (χ1v) is 18.7. The Balaban J connectivity index is 2.16. The third-order valence-electron chi connectivity index (χ3n) is 11.5. The first-order valence-electron chi connectivity index (χ1n) is 18.7. The monoisotopic (exact) mass is 763 g/mol. The third kappa shape index (κ3) is 10.7. The standard InChI is InChI=1S/C38H64F3N3O9/c1-11-29-36(8,49)31(46)25(6)43-18-21(2)17-35(7,48)32(53-34-30(45)28(44(9)10)16-22(3)51-34)23(4)37(50,24(5)33(47)52-29)20-42-19-26-14-12-13-15-27(26)38(39,40)41/h12-15,21-25,28-32,34,42-43,45-46,48-50H,11,16-20H2,1-10H3/t21-,22-,23-,24?,25-,28+,29-,30-,31-,32-,34+,35+,36-,37-/m1/s1. The predicted octanol–water partition coefficient (Wildman–Crippen LogP) is 2.81. The molecular weight excluding hydrogens is 699 g/mol. The summed E-state index contributed by atoms with van der Waals surface area (Å²) < 4.78 is 60.1. The van der Waals surface area contributed by atoms with E-state index < -0.39 is 89.6 Å². The summed E-state index contributed by atoms with van der Waals surface area (Å²) in [6.45, 7) is 12.4. The molecule has 1 aromatic carbocycles. The summed E-state index contributed by atoms with van der Waals surface area (Å²) in [7, 11) is 3.63. The number of benzene rings is 1. The van der Waals surface area contributed by atoms with Gasteiger partial charge in [0.15, 0.2) is 6.29 Å². The number of aliphatic hydroxyl groups excluding tert-OH is 2. The van der Waals surface area contributed by atoms with E-state index in [0.717, 1.165) is 6.07 Å². The smallest absolute Gasteiger partial charge is 0.416 e. The molecule has 2 aliphatic heterocycles. The van der Waals surface area contributed by atoms with Gasteiger partial charge in [0.05, 0.1) is 34.9 Å². The molecule has 15 heteroatoms. The van der Waals surface area contributed by atoms with Crippen LogP contribution in [0.1, 0.15) is 85.8 Å². The molecule has 14 atom stereocenters. The minimum absolute atomic E-state index is 0.0720. The highest BCUT2D eigenvalue weighted by Gasteiger charge is 2.54. The Bertz CT molecular complexity index is 1340. The lowest BCUT2D eigenvalue weighted by Crippen LogP contribution is -2.64. The zero-order chi connectivity index (χ0) is 40.3. The number of hydrogen-bond acceptors (Lipinski definition) is 12. The van der Waals surface area contributed by atoms with Crippen LogP contribution >= 0.6 is 0 Å². The number of nitrogens with one attached hydrogen (secondary N) is 2. The number of rotatable bonds is 8. The summed E-state index contributed by atoms with van der Waals surface area (Å²) in [6, 6.07) is 3.97. The Morgan fingerprint density at radius 2 is 1.68 bits per heavy atom. The average molecular weight is 764 g/mol. The molecule has 2 heterocycles. The van der Waals surface area contributed by atoms with E-state index in [9.17, 15) is 43.5 Å². The van der Waals surface area contributed by atoms with Crippen LogP contribution in [0.2, 0.25) is 0 Å². The van der Waals surface area contributed by atoms with Gasteiger partial charge in [-0.05, 0) is 92.1 Å². The molecule has 0 radical (unpaired) electrons. The molecular formula is C38H64F3N3O9. The van der Waals surface area contributed by atoms with Crippen LogP contribution < -0.4 is 10.6 Å². The van der Waals surface area contributed by atoms with Crippen molar-refractivity contribution in [1.82, 2.24) is 15.5 Å². The minimum Gasteiger partial charge on any atom is -0.459 e. The van der Waals surface area contributed by atoms with Gasteiger partial charge in [-0.2, -0.15) is 13.2 Å². The zero-order valence-electron chi connectivity index (χ0n) is 32.9. The zero-order valence-corrected chi connectivity index (χ0v) is 32.9. The van der Waals surface area contributed by atoms with E-state index in [0.29, 0.717) is 6.42 Å². The molecule has 0 spiro atoms. The molecule has 12 nitrogen and oxygen atoms in total. The van der Waals surface area contributed by atoms with Crippen molar-refractivity contribution in [2.24, 2.45) is 17.8 Å². The maximum Gasteiger partial charge on any atom is 0.416 e. The van der Waals surface area contributed by atoms with Crippen LogP contribution in [0, 0.1) is 17.8 Å². The van der Waals surface area contributed by atoms with Crippen LogP contribution in [0.3, 0.4) is 0 Å². The number of aliphatic hydroxyl groups is 5. The van der Waals surface area contributed by atoms with Crippen molar-refractivity contribution in [3.63, 3.8) is 0 Å². The van der Waals surface area contributed by atoms with Crippen molar-refractivity contribution in [2.45, 2.75) is 153 Å². The van der Waals surface area contributed by atoms with Crippen molar-refractivity contribution < 1.29 is 57.7 Å². The number of alkyl halides is 3. The highest BCUT2D eigenvalue weighted by molar-refractivity contribution is 5.74. The summed E-state index contributed by atoms with van der Waals surface area (Å²) in [5, 5.41) is 65.4. The average Bonchev–Trinajstić information content (AvgIpc) is 3.07. The normalized spacial score (nSPS) is 41.4. The summed E-state index contributed by atoms with van der Waals surface area (Å²) >= 11 is 0. The van der Waals surface area contributed by atoms with E-state index in [1.165, 1.54) is 39.0 Å². The van der Waals surface area contributed by atoms with Gasteiger partial charge in [-0.15, -0.1) is 0 Å². The Labute approximate surface area is 312 Å². The van der Waals surface area contributed by atoms with E-state index >= 15 is 0 Å². The van der Waals surface area contributed by atoms with Gasteiger partial charge in [0.2, 0.25) is 0 Å². The molecule has 2 fully saturated rings. The molecule has 1 unspecified atom stereocenters. The van der Waals surface area contributed by atoms with Crippen LogP contribution in [0.4, 0.5) is 13.2 Å². The molecule has 2 saturated heterocycles. The molecule has 0 amide bonds. The van der Waals surface area contributed by atoms with Gasteiger partial charge in [0.1, 0.15) is 23.9 Å². The SMILES string of the molecule is CC[C@H]1OC(=O)C(C)[C@@](O)(CNCc2ccccc2C(F)(F)F)[C@H](C)[C@@H](O[C@@H]2O[C@H](C)C[C@H](N(C)C)[C@H]2O)[C@@](C)(O)C[C@@H](C)CN[C@H](C)[C@@H](O)[C@]1(C)O. The molecule has 306 valence electrons. The fourth-order valence-corrected chi connectivity index (χ4v) is 8.07. The van der Waals surface area contributed by atoms with Gasteiger partial charge < -0.3 is 55.3 Å². The molecule has 1 aromatic rings. The number of ether oxygens (including phenoxy) is 3. The van der Waals surface area contributed by atoms with Crippen LogP contribution in [-0.4, -0.2) is 129 Å². The first-order chi connectivity index (χ1) is 24.4. The molecule has 0 bridgehead atoms. The van der Waals surface area contributed by atoms with E-state index in [1.54, 1.807) is 20.8 Å². The van der Waals surface area contributed by atoms with Crippen molar-refractivity contribution in [2.75, 3.05) is 27.2 Å². The largest absolute Gasteiger partial charge is 0.459 e. The maximum atomic E-state index is 14.1. The number of nitrogens with zero attached hydrogens (tertiary/aromatic N) is 1. The Hall–Kier alpha value is -1.92. The van der Waals surface area contributed by atoms with Gasteiger partial charge in [0.25, 0.3) is 0 Å². The Morgan fingerprint density at radius 3 is 2.26 bits per heavy atom. The molecule has 0 aromatic heterocycles. The molecule has 3 rings (SSSR count). The van der Waals surface area contributed by atoms with Crippen LogP contribution in [0.5, 0.6) is 0 Å². The summed E-state index contributed by atoms with van der Waals surface area (Å²) in [5.41, 5.74) is -6.80. The number of esters is 1. The highest BCUT2D eigenvalue weighted by Crippen LogP contribution is 2.40. The molecule has 2 aliphatic rings. The number of cyclic esters (lactones) is 1. The van der Waals surface area contributed by atoms with Crippen LogP contribution in [-0.2, 0) is 31.7 Å². The van der Waals surface area contributed by atoms with E-state index in [1.807, 2.05) is 32.8 Å². The fourth-order valence-electron chi connectivity index (χ4n) is 8.07. The summed E-state index contributed by atoms with van der Waals surface area (Å²) in [4.78, 5) is 15.9. The molecule has 53 heavy (non-hydrogen) atoms. The van der Waals surface area contributed by atoms with Gasteiger partial charge in [-0.1, -0.05) is 39.0 Å². The second kappa shape index (κ2) is 17.9. The summed E-state index contributed by atoms with van der Waals surface area (Å²) in [6.07, 6.45) is -10.7. The number of halogens is 3. The minimum atomic E-state index is -4.64. The van der Waals surface area contributed by atoms with Crippen LogP contribution in [0.15, 0.2) is 24.3 Å². The van der Waals surface area contributed by atoms with Crippen molar-refractivity contribution in [1.29, 1.82) is 0 Å². The van der Waals surface area contributed by atoms with E-state index in [4.69, 9.17) is 14.2 Å². The van der Waals surface area contributed by atoms with E-state index in [-0.39, 0.29) is 49.6 Å². The highest BCUT2D eigenvalue weighted by atomic mass is 19.4. The van der Waals surface area contributed by atoms with Gasteiger partial charge >= 0.3 is 12.1 Å². The predicted molar refractivity (Wildman–Crippen MR) is 192 cm³/mol. The van der Waals surface area contributed by atoms with Crippen molar-refractivity contribution >= 4 is 5.97 Å². The number of carbonyl (C=O) groups is 1. The van der Waals surface area contributed by atoms with E-state index in [2.05, 4.69) is 10.6 Å². The number of likely N-dealkylation sites (N-methyl/N-ethyl adjacent to an activating group) is 1. The molecule has 0 aliphatic carbocycles.